The quantitative estimate of drug-likeness (QED) is 0.844. The summed E-state index contributed by atoms with van der Waals surface area (Å²) in [6, 6.07) is 4.95. The van der Waals surface area contributed by atoms with Crippen molar-refractivity contribution in [2.24, 2.45) is 5.73 Å². The third-order valence-corrected chi connectivity index (χ3v) is 2.48. The van der Waals surface area contributed by atoms with Crippen LogP contribution in [0.5, 0.6) is 0 Å². The largest absolute Gasteiger partial charge is 0.394 e. The molecule has 0 aliphatic carbocycles. The maximum atomic E-state index is 8.80. The summed E-state index contributed by atoms with van der Waals surface area (Å²) in [4.78, 5) is 0. The molecule has 0 saturated heterocycles. The van der Waals surface area contributed by atoms with Crippen molar-refractivity contribution in [3.05, 3.63) is 33.3 Å². The van der Waals surface area contributed by atoms with Crippen molar-refractivity contribution in [2.45, 2.75) is 6.04 Å². The predicted molar refractivity (Wildman–Crippen MR) is 53.2 cm³/mol. The fourth-order valence-electron chi connectivity index (χ4n) is 0.901. The van der Waals surface area contributed by atoms with Crippen LogP contribution in [0.3, 0.4) is 0 Å². The van der Waals surface area contributed by atoms with Gasteiger partial charge in [-0.1, -0.05) is 33.6 Å². The molecule has 0 bridgehead atoms. The smallest absolute Gasteiger partial charge is 0.0624 e. The zero-order valence-electron chi connectivity index (χ0n) is 6.30. The monoisotopic (exact) mass is 249 g/mol. The molecule has 0 spiro atoms. The summed E-state index contributed by atoms with van der Waals surface area (Å²) >= 11 is 9.04. The lowest BCUT2D eigenvalue weighted by Gasteiger charge is -2.10. The fourth-order valence-corrected chi connectivity index (χ4v) is 1.88. The molecule has 0 unspecified atom stereocenters. The van der Waals surface area contributed by atoms with Crippen LogP contribution in [0.2, 0.25) is 5.02 Å². The van der Waals surface area contributed by atoms with E-state index < -0.39 is 0 Å². The Hall–Kier alpha value is -0.0900. The Kier molecular flexibility index (Phi) is 3.53. The second-order valence-corrected chi connectivity index (χ2v) is 3.75. The summed E-state index contributed by atoms with van der Waals surface area (Å²) in [6.45, 7) is -0.0692. The third-order valence-electron chi connectivity index (χ3n) is 1.56. The molecule has 66 valence electrons. The molecule has 0 saturated carbocycles. The number of aliphatic hydroxyl groups excluding tert-OH is 1. The molecule has 2 nitrogen and oxygen atoms in total. The van der Waals surface area contributed by atoms with Crippen molar-refractivity contribution in [1.29, 1.82) is 0 Å². The Labute approximate surface area is 84.5 Å². The third kappa shape index (κ3) is 2.20. The molecule has 0 aliphatic rings. The highest BCUT2D eigenvalue weighted by Gasteiger charge is 2.08. The maximum absolute atomic E-state index is 8.80. The summed E-state index contributed by atoms with van der Waals surface area (Å²) < 4.78 is 0.830. The minimum atomic E-state index is -0.350. The second kappa shape index (κ2) is 4.23. The Morgan fingerprint density at radius 1 is 1.58 bits per heavy atom. The molecule has 12 heavy (non-hydrogen) atoms. The van der Waals surface area contributed by atoms with E-state index in [1.165, 1.54) is 0 Å². The van der Waals surface area contributed by atoms with E-state index in [9.17, 15) is 0 Å². The summed E-state index contributed by atoms with van der Waals surface area (Å²) in [6.07, 6.45) is 0. The van der Waals surface area contributed by atoms with Crippen molar-refractivity contribution in [3.63, 3.8) is 0 Å². The van der Waals surface area contributed by atoms with Crippen molar-refractivity contribution in [2.75, 3.05) is 6.61 Å². The van der Waals surface area contributed by atoms with Crippen molar-refractivity contribution < 1.29 is 5.11 Å². The molecular formula is C8H9BrClNO. The minimum Gasteiger partial charge on any atom is -0.394 e. The van der Waals surface area contributed by atoms with Gasteiger partial charge in [-0.05, 0) is 17.7 Å². The Morgan fingerprint density at radius 2 is 2.25 bits per heavy atom. The maximum Gasteiger partial charge on any atom is 0.0624 e. The zero-order chi connectivity index (χ0) is 9.14. The molecular weight excluding hydrogens is 241 g/mol. The van der Waals surface area contributed by atoms with Crippen LogP contribution < -0.4 is 5.73 Å². The van der Waals surface area contributed by atoms with Crippen molar-refractivity contribution in [3.8, 4) is 0 Å². The number of hydrogen-bond acceptors (Lipinski definition) is 2. The first kappa shape index (κ1) is 9.99. The van der Waals surface area contributed by atoms with Gasteiger partial charge in [-0.25, -0.2) is 0 Å². The van der Waals surface area contributed by atoms with E-state index in [-0.39, 0.29) is 12.6 Å². The van der Waals surface area contributed by atoms with Crippen LogP contribution in [0.1, 0.15) is 11.6 Å². The van der Waals surface area contributed by atoms with Gasteiger partial charge in [0.2, 0.25) is 0 Å². The van der Waals surface area contributed by atoms with Crippen LogP contribution in [-0.2, 0) is 0 Å². The van der Waals surface area contributed by atoms with Gasteiger partial charge in [0, 0.05) is 9.50 Å². The SMILES string of the molecule is N[C@@H](CO)c1ccc(Cl)cc1Br. The zero-order valence-corrected chi connectivity index (χ0v) is 8.64. The molecule has 0 fully saturated rings. The first-order valence-electron chi connectivity index (χ1n) is 3.46. The van der Waals surface area contributed by atoms with Crippen LogP contribution >= 0.6 is 27.5 Å². The summed E-state index contributed by atoms with van der Waals surface area (Å²) in [5.74, 6) is 0. The van der Waals surface area contributed by atoms with Gasteiger partial charge < -0.3 is 10.8 Å². The highest BCUT2D eigenvalue weighted by atomic mass is 79.9. The molecule has 1 rings (SSSR count). The number of hydrogen-bond donors (Lipinski definition) is 2. The summed E-state index contributed by atoms with van der Waals surface area (Å²) in [5.41, 5.74) is 6.48. The van der Waals surface area contributed by atoms with E-state index in [2.05, 4.69) is 15.9 Å². The van der Waals surface area contributed by atoms with Gasteiger partial charge in [0.05, 0.1) is 12.6 Å². The van der Waals surface area contributed by atoms with Crippen LogP contribution in [0.25, 0.3) is 0 Å². The molecule has 0 amide bonds. The van der Waals surface area contributed by atoms with Gasteiger partial charge in [-0.3, -0.25) is 0 Å². The molecule has 1 aromatic rings. The summed E-state index contributed by atoms with van der Waals surface area (Å²) in [7, 11) is 0. The van der Waals surface area contributed by atoms with E-state index in [0.29, 0.717) is 5.02 Å². The van der Waals surface area contributed by atoms with Gasteiger partial charge in [0.15, 0.2) is 0 Å². The van der Waals surface area contributed by atoms with Crippen LogP contribution in [0.15, 0.2) is 22.7 Å². The fraction of sp³-hybridized carbons (Fsp3) is 0.250. The molecule has 0 aliphatic heterocycles. The van der Waals surface area contributed by atoms with E-state index in [4.69, 9.17) is 22.4 Å². The van der Waals surface area contributed by atoms with Crippen LogP contribution in [-0.4, -0.2) is 11.7 Å². The lowest BCUT2D eigenvalue weighted by atomic mass is 10.1. The van der Waals surface area contributed by atoms with Crippen molar-refractivity contribution >= 4 is 27.5 Å². The normalized spacial score (nSPS) is 13.0. The van der Waals surface area contributed by atoms with Gasteiger partial charge >= 0.3 is 0 Å². The Bertz CT molecular complexity index is 280. The standard InChI is InChI=1S/C8H9BrClNO/c9-7-3-5(10)1-2-6(7)8(11)4-12/h1-3,8,12H,4,11H2/t8-/m0/s1. The molecule has 4 heteroatoms. The first-order chi connectivity index (χ1) is 5.65. The van der Waals surface area contributed by atoms with Gasteiger partial charge in [0.25, 0.3) is 0 Å². The average molecular weight is 251 g/mol. The topological polar surface area (TPSA) is 46.2 Å². The van der Waals surface area contributed by atoms with E-state index in [1.54, 1.807) is 18.2 Å². The van der Waals surface area contributed by atoms with Gasteiger partial charge in [0.1, 0.15) is 0 Å². The van der Waals surface area contributed by atoms with E-state index in [0.717, 1.165) is 10.0 Å². The number of nitrogens with two attached hydrogens (primary N) is 1. The average Bonchev–Trinajstić information content (AvgIpc) is 2.03. The lowest BCUT2D eigenvalue weighted by molar-refractivity contribution is 0.267. The molecule has 1 aromatic carbocycles. The van der Waals surface area contributed by atoms with E-state index in [1.807, 2.05) is 0 Å². The number of benzene rings is 1. The van der Waals surface area contributed by atoms with E-state index >= 15 is 0 Å². The molecule has 3 N–H and O–H groups in total. The number of aliphatic hydroxyl groups is 1. The second-order valence-electron chi connectivity index (χ2n) is 2.45. The molecule has 0 radical (unpaired) electrons. The number of halogens is 2. The lowest BCUT2D eigenvalue weighted by Crippen LogP contribution is -2.14. The van der Waals surface area contributed by atoms with Crippen LogP contribution in [0.4, 0.5) is 0 Å². The summed E-state index contributed by atoms with van der Waals surface area (Å²) in [5, 5.41) is 9.45. The highest BCUT2D eigenvalue weighted by molar-refractivity contribution is 9.10. The predicted octanol–water partition coefficient (Wildman–Crippen LogP) is 2.09. The van der Waals surface area contributed by atoms with Crippen LogP contribution in [0, 0.1) is 0 Å². The van der Waals surface area contributed by atoms with Gasteiger partial charge in [-0.15, -0.1) is 0 Å². The first-order valence-corrected chi connectivity index (χ1v) is 4.63. The molecule has 1 atom stereocenters. The molecule has 0 aromatic heterocycles. The van der Waals surface area contributed by atoms with Gasteiger partial charge in [-0.2, -0.15) is 0 Å². The Morgan fingerprint density at radius 3 is 2.75 bits per heavy atom. The highest BCUT2D eigenvalue weighted by Crippen LogP contribution is 2.25. The number of rotatable bonds is 2. The van der Waals surface area contributed by atoms with Crippen molar-refractivity contribution in [1.82, 2.24) is 0 Å². The molecule has 0 heterocycles. The minimum absolute atomic E-state index is 0.0692. The Balaban J connectivity index is 3.01.